The molecule has 6 heteroatoms. The number of hydrogen-bond acceptors (Lipinski definition) is 4. The van der Waals surface area contributed by atoms with Crippen molar-refractivity contribution in [2.45, 2.75) is 20.4 Å². The van der Waals surface area contributed by atoms with E-state index in [2.05, 4.69) is 11.9 Å². The molecule has 0 bridgehead atoms. The van der Waals surface area contributed by atoms with Crippen molar-refractivity contribution >= 4 is 35.1 Å². The van der Waals surface area contributed by atoms with Gasteiger partial charge in [0.2, 0.25) is 5.91 Å². The molecule has 0 aliphatic heterocycles. The van der Waals surface area contributed by atoms with Crippen molar-refractivity contribution in [3.63, 3.8) is 0 Å². The number of rotatable bonds is 7. The third-order valence-corrected chi connectivity index (χ3v) is 4.84. The summed E-state index contributed by atoms with van der Waals surface area (Å²) < 4.78 is 7.06. The van der Waals surface area contributed by atoms with E-state index in [-0.39, 0.29) is 12.5 Å². The maximum Gasteiger partial charge on any atom is 0.240 e. The van der Waals surface area contributed by atoms with Crippen molar-refractivity contribution in [3.8, 4) is 5.75 Å². The van der Waals surface area contributed by atoms with Crippen molar-refractivity contribution < 1.29 is 9.53 Å². The van der Waals surface area contributed by atoms with Crippen LogP contribution in [0.25, 0.3) is 0 Å². The maximum atomic E-state index is 12.3. The Hall–Kier alpha value is -2.11. The molecule has 0 spiro atoms. The third-order valence-electron chi connectivity index (χ3n) is 3.66. The summed E-state index contributed by atoms with van der Waals surface area (Å²) in [6, 6.07) is 13.3. The highest BCUT2D eigenvalue weighted by molar-refractivity contribution is 8.00. The fourth-order valence-electron chi connectivity index (χ4n) is 2.24. The first-order chi connectivity index (χ1) is 13.0. The second-order valence-electron chi connectivity index (χ2n) is 5.64. The first kappa shape index (κ1) is 22.9. The highest BCUT2D eigenvalue weighted by atomic mass is 35.5. The van der Waals surface area contributed by atoms with Crippen LogP contribution >= 0.6 is 23.5 Å². The van der Waals surface area contributed by atoms with E-state index in [4.69, 9.17) is 16.3 Å². The molecule has 2 aromatic rings. The molecule has 1 amide bonds. The minimum Gasteiger partial charge on any atom is -0.497 e. The molecule has 0 aliphatic carbocycles. The zero-order chi connectivity index (χ0) is 20.2. The molecular weight excluding hydrogens is 380 g/mol. The van der Waals surface area contributed by atoms with Crippen LogP contribution in [-0.4, -0.2) is 25.8 Å². The molecule has 0 heterocycles. The van der Waals surface area contributed by atoms with Crippen molar-refractivity contribution in [1.29, 1.82) is 0 Å². The minimum atomic E-state index is -0.0421. The van der Waals surface area contributed by atoms with E-state index in [1.165, 1.54) is 11.9 Å². The van der Waals surface area contributed by atoms with Crippen molar-refractivity contribution in [2.24, 2.45) is 0 Å². The average molecular weight is 407 g/mol. The van der Waals surface area contributed by atoms with Gasteiger partial charge in [0.15, 0.2) is 0 Å². The Morgan fingerprint density at radius 1 is 1.30 bits per heavy atom. The van der Waals surface area contributed by atoms with Crippen molar-refractivity contribution in [2.75, 3.05) is 24.2 Å². The zero-order valence-electron chi connectivity index (χ0n) is 16.3. The molecule has 4 nitrogen and oxygen atoms in total. The predicted octanol–water partition coefficient (Wildman–Crippen LogP) is 5.25. The van der Waals surface area contributed by atoms with E-state index < -0.39 is 0 Å². The minimum absolute atomic E-state index is 0.0421. The third kappa shape index (κ3) is 7.57. The summed E-state index contributed by atoms with van der Waals surface area (Å²) in [4.78, 5) is 12.3. The van der Waals surface area contributed by atoms with Gasteiger partial charge in [-0.2, -0.15) is 0 Å². The summed E-state index contributed by atoms with van der Waals surface area (Å²) in [5, 5.41) is 3.64. The lowest BCUT2D eigenvalue weighted by Crippen LogP contribution is -2.33. The maximum absolute atomic E-state index is 12.3. The van der Waals surface area contributed by atoms with E-state index in [1.54, 1.807) is 13.2 Å². The van der Waals surface area contributed by atoms with E-state index in [0.29, 0.717) is 11.6 Å². The Labute approximate surface area is 171 Å². The topological polar surface area (TPSA) is 41.6 Å². The quantitative estimate of drug-likeness (QED) is 0.503. The van der Waals surface area contributed by atoms with Gasteiger partial charge in [0.1, 0.15) is 12.3 Å². The molecule has 1 N–H and O–H groups in total. The number of carbonyl (C=O) groups is 1. The second-order valence-corrected chi connectivity index (χ2v) is 6.85. The fraction of sp³-hybridized carbons (Fsp3) is 0.286. The molecule has 0 atom stereocenters. The number of allylic oxidation sites excluding steroid dienone is 1. The van der Waals surface area contributed by atoms with Gasteiger partial charge in [-0.15, -0.1) is 6.58 Å². The highest BCUT2D eigenvalue weighted by Crippen LogP contribution is 2.29. The lowest BCUT2D eigenvalue weighted by molar-refractivity contribution is -0.119. The Morgan fingerprint density at radius 3 is 2.48 bits per heavy atom. The first-order valence-electron chi connectivity index (χ1n) is 8.50. The number of benzene rings is 2. The molecule has 146 valence electrons. The van der Waals surface area contributed by atoms with Gasteiger partial charge in [-0.25, -0.2) is 0 Å². The van der Waals surface area contributed by atoms with E-state index in [1.807, 2.05) is 66.9 Å². The number of halogens is 1. The summed E-state index contributed by atoms with van der Waals surface area (Å²) in [6.45, 7) is 7.95. The van der Waals surface area contributed by atoms with Crippen molar-refractivity contribution in [1.82, 2.24) is 5.32 Å². The predicted molar refractivity (Wildman–Crippen MR) is 118 cm³/mol. The molecule has 0 saturated heterocycles. The standard InChI is InChI=1S/C18H21ClN2O2S.C3H6/c1-13-16(19)5-4-6-17(13)21(24-3)12-18(22)20-11-14-7-9-15(23-2)10-8-14;1-3-2/h4-10H,11-12H2,1-3H3,(H,20,22);3H,1H2,2H3. The van der Waals surface area contributed by atoms with Crippen molar-refractivity contribution in [3.05, 3.63) is 71.3 Å². The van der Waals surface area contributed by atoms with Gasteiger partial charge < -0.3 is 14.4 Å². The molecule has 0 saturated carbocycles. The Bertz CT molecular complexity index is 735. The van der Waals surface area contributed by atoms with Crippen LogP contribution in [-0.2, 0) is 11.3 Å². The van der Waals surface area contributed by atoms with Gasteiger partial charge in [0, 0.05) is 17.8 Å². The molecule has 0 aromatic heterocycles. The lowest BCUT2D eigenvalue weighted by atomic mass is 10.2. The molecule has 0 unspecified atom stereocenters. The summed E-state index contributed by atoms with van der Waals surface area (Å²) in [5.74, 6) is 0.759. The van der Waals surface area contributed by atoms with Crippen LogP contribution in [0.2, 0.25) is 5.02 Å². The van der Waals surface area contributed by atoms with Gasteiger partial charge >= 0.3 is 0 Å². The van der Waals surface area contributed by atoms with Gasteiger partial charge in [-0.05, 0) is 49.2 Å². The van der Waals surface area contributed by atoms with E-state index >= 15 is 0 Å². The molecule has 0 aliphatic rings. The summed E-state index contributed by atoms with van der Waals surface area (Å²) >= 11 is 7.67. The average Bonchev–Trinajstić information content (AvgIpc) is 2.68. The summed E-state index contributed by atoms with van der Waals surface area (Å²) in [5.41, 5.74) is 2.95. The second kappa shape index (κ2) is 12.3. The Kier molecular flexibility index (Phi) is 10.5. The number of hydrogen-bond donors (Lipinski definition) is 1. The van der Waals surface area contributed by atoms with E-state index in [9.17, 15) is 4.79 Å². The number of methoxy groups -OCH3 is 1. The molecule has 2 rings (SSSR count). The number of carbonyl (C=O) groups excluding carboxylic acids is 1. The van der Waals surface area contributed by atoms with Gasteiger partial charge in [0.05, 0.1) is 12.8 Å². The van der Waals surface area contributed by atoms with E-state index in [0.717, 1.165) is 22.6 Å². The van der Waals surface area contributed by atoms with Crippen LogP contribution in [0.1, 0.15) is 18.1 Å². The smallest absolute Gasteiger partial charge is 0.240 e. The number of ether oxygens (including phenoxy) is 1. The number of anilines is 1. The van der Waals surface area contributed by atoms with Crippen LogP contribution in [0.5, 0.6) is 5.75 Å². The Balaban J connectivity index is 0.00000114. The normalized spacial score (nSPS) is 9.67. The highest BCUT2D eigenvalue weighted by Gasteiger charge is 2.14. The largest absolute Gasteiger partial charge is 0.497 e. The van der Waals surface area contributed by atoms with Gasteiger partial charge in [-0.1, -0.05) is 47.8 Å². The SMILES string of the molecule is C=CC.COc1ccc(CNC(=O)CN(SC)c2cccc(Cl)c2C)cc1. The zero-order valence-corrected chi connectivity index (χ0v) is 17.9. The van der Waals surface area contributed by atoms with Gasteiger partial charge in [-0.3, -0.25) is 4.79 Å². The van der Waals surface area contributed by atoms with Crippen LogP contribution < -0.4 is 14.4 Å². The fourth-order valence-corrected chi connectivity index (χ4v) is 3.06. The number of nitrogens with one attached hydrogen (secondary N) is 1. The number of amides is 1. The monoisotopic (exact) mass is 406 g/mol. The molecule has 0 fully saturated rings. The van der Waals surface area contributed by atoms with Crippen LogP contribution in [0.15, 0.2) is 55.1 Å². The molecule has 27 heavy (non-hydrogen) atoms. The number of nitrogens with zero attached hydrogens (tertiary/aromatic N) is 1. The summed E-state index contributed by atoms with van der Waals surface area (Å²) in [6.07, 6.45) is 3.69. The Morgan fingerprint density at radius 2 is 1.93 bits per heavy atom. The first-order valence-corrected chi connectivity index (χ1v) is 10.1. The lowest BCUT2D eigenvalue weighted by Gasteiger charge is -2.23. The van der Waals surface area contributed by atoms with Crippen LogP contribution in [0.4, 0.5) is 5.69 Å². The molecular formula is C21H27ClN2O2S. The molecule has 2 aromatic carbocycles. The summed E-state index contributed by atoms with van der Waals surface area (Å²) in [7, 11) is 1.63. The van der Waals surface area contributed by atoms with Gasteiger partial charge in [0.25, 0.3) is 0 Å². The van der Waals surface area contributed by atoms with Crippen LogP contribution in [0.3, 0.4) is 0 Å². The molecule has 0 radical (unpaired) electrons. The van der Waals surface area contributed by atoms with Crippen LogP contribution in [0, 0.1) is 6.92 Å².